The van der Waals surface area contributed by atoms with E-state index < -0.39 is 150 Å². The fraction of sp³-hybridized carbons (Fsp3) is 0.649. The molecular formula is C97H159N23O16. The van der Waals surface area contributed by atoms with E-state index in [9.17, 15) is 77.3 Å². The highest BCUT2D eigenvalue weighted by Gasteiger charge is 2.38. The maximum Gasteiger partial charge on any atom is 0.242 e. The molecule has 4 aromatic rings. The van der Waals surface area contributed by atoms with Gasteiger partial charge in [-0.3, -0.25) is 82.1 Å². The van der Waals surface area contributed by atoms with Gasteiger partial charge in [0, 0.05) is 156 Å². The number of aromatic nitrogens is 6. The number of unbranched alkanes of at least 4 members (excludes halogenated alkanes) is 11. The number of nitrogens with zero attached hydrogens (tertiary/aromatic N) is 6. The third-order valence-corrected chi connectivity index (χ3v) is 23.4. The Bertz CT molecular complexity index is 4390. The van der Waals surface area contributed by atoms with Gasteiger partial charge in [0.15, 0.2) is 46.8 Å². The highest BCUT2D eigenvalue weighted by molar-refractivity contribution is 5.99. The van der Waals surface area contributed by atoms with Gasteiger partial charge in [0.05, 0.1) is 67.6 Å². The van der Waals surface area contributed by atoms with Gasteiger partial charge in [-0.15, -0.1) is 0 Å². The molecule has 0 saturated carbocycles. The fourth-order valence-corrected chi connectivity index (χ4v) is 15.6. The predicted molar refractivity (Wildman–Crippen MR) is 523 cm³/mol. The maximum absolute atomic E-state index is 14.8. The Morgan fingerprint density at radius 1 is 0.404 bits per heavy atom. The first-order chi connectivity index (χ1) is 64.6. The number of nitrogens with one attached hydrogen (secondary N) is 10. The van der Waals surface area contributed by atoms with Crippen molar-refractivity contribution in [3.05, 3.63) is 96.6 Å². The van der Waals surface area contributed by atoms with Crippen molar-refractivity contribution in [1.29, 1.82) is 0 Å². The van der Waals surface area contributed by atoms with Crippen LogP contribution in [-0.2, 0) is 92.8 Å². The van der Waals surface area contributed by atoms with Crippen LogP contribution in [0.25, 0.3) is 0 Å². The molecule has 26 N–H and O–H groups in total. The molecule has 0 saturated heterocycles. The molecule has 0 unspecified atom stereocenters. The van der Waals surface area contributed by atoms with Gasteiger partial charge in [-0.05, 0) is 125 Å². The summed E-state index contributed by atoms with van der Waals surface area (Å²) in [6.45, 7) is 17.8. The van der Waals surface area contributed by atoms with E-state index >= 15 is 0 Å². The summed E-state index contributed by atoms with van der Waals surface area (Å²) in [6.07, 6.45) is 29.3. The van der Waals surface area contributed by atoms with E-state index in [1.807, 2.05) is 41.5 Å². The summed E-state index contributed by atoms with van der Waals surface area (Å²) in [6, 6.07) is -0.483. The quantitative estimate of drug-likeness (QED) is 0.0104. The smallest absolute Gasteiger partial charge is 0.242 e. The molecule has 0 fully saturated rings. The first-order valence-corrected chi connectivity index (χ1v) is 48.2. The van der Waals surface area contributed by atoms with E-state index in [0.29, 0.717) is 29.8 Å². The number of ketones is 6. The number of carbonyl (C=O) groups is 14. The molecule has 136 heavy (non-hydrogen) atoms. The van der Waals surface area contributed by atoms with Gasteiger partial charge < -0.3 is 103 Å². The maximum atomic E-state index is 14.8. The summed E-state index contributed by atoms with van der Waals surface area (Å²) in [5.41, 5.74) is 41.4. The predicted octanol–water partition coefficient (Wildman–Crippen LogP) is 6.03. The van der Waals surface area contributed by atoms with Gasteiger partial charge in [-0.1, -0.05) is 145 Å². The van der Waals surface area contributed by atoms with Crippen molar-refractivity contribution in [1.82, 2.24) is 67.1 Å². The molecule has 39 heteroatoms. The number of Topliss-reactive ketones (excluding diaryl/α,β-unsaturated/α-hetero) is 6. The summed E-state index contributed by atoms with van der Waals surface area (Å²) >= 11 is 0. The molecule has 0 aliphatic heterocycles. The van der Waals surface area contributed by atoms with Gasteiger partial charge >= 0.3 is 0 Å². The number of H-pyrrole nitrogens is 3. The summed E-state index contributed by atoms with van der Waals surface area (Å²) in [7, 11) is 1.52. The average Bonchev–Trinajstić information content (AvgIpc) is 1.54. The van der Waals surface area contributed by atoms with Crippen LogP contribution in [-0.4, -0.2) is 209 Å². The third-order valence-electron chi connectivity index (χ3n) is 23.4. The number of amides is 8. The number of aliphatic hydroxyl groups is 1. The summed E-state index contributed by atoms with van der Waals surface area (Å²) < 4.78 is 0. The largest absolute Gasteiger partial charge is 0.508 e. The number of aliphatic hydroxyl groups excluding tert-OH is 1. The van der Waals surface area contributed by atoms with Crippen molar-refractivity contribution >= 4 is 99.8 Å². The zero-order valence-corrected chi connectivity index (χ0v) is 82.0. The number of rotatable bonds is 72. The van der Waals surface area contributed by atoms with E-state index in [1.165, 1.54) is 89.3 Å². The van der Waals surface area contributed by atoms with Crippen LogP contribution in [0.15, 0.2) is 89.0 Å². The molecule has 0 aliphatic carbocycles. The lowest BCUT2D eigenvalue weighted by Crippen LogP contribution is -2.50. The second-order valence-electron chi connectivity index (χ2n) is 37.0. The van der Waals surface area contributed by atoms with E-state index in [0.717, 1.165) is 44.2 Å². The molecule has 8 amide bonds. The van der Waals surface area contributed by atoms with Crippen LogP contribution in [0.3, 0.4) is 0 Å². The van der Waals surface area contributed by atoms with Crippen LogP contribution in [0.1, 0.15) is 272 Å². The van der Waals surface area contributed by atoms with Crippen molar-refractivity contribution in [3.63, 3.8) is 0 Å². The second-order valence-corrected chi connectivity index (χ2v) is 37.0. The number of allylic oxidation sites excluding steroid dienone is 2. The number of aromatic hydroxyl groups is 1. The molecule has 12 atom stereocenters. The summed E-state index contributed by atoms with van der Waals surface area (Å²) in [4.78, 5) is 225. The first kappa shape index (κ1) is 118. The number of aromatic amines is 3. The van der Waals surface area contributed by atoms with Crippen LogP contribution in [0.5, 0.6) is 5.75 Å². The van der Waals surface area contributed by atoms with Gasteiger partial charge in [0.2, 0.25) is 47.3 Å². The molecule has 0 radical (unpaired) electrons. The summed E-state index contributed by atoms with van der Waals surface area (Å²) in [5.74, 6) is -14.0. The molecule has 1 aromatic carbocycles. The SMILES string of the molecule is CC(C)C[C@H](CC(=O)[C@H](CC(C)C)NC(=O)[C@H](CCCN=C(N)N)CC(=O)[C@H](CCCN=C(N)N)NC(=O)[C@@H](CC(=O)[C@H](CCCN=C(N)N)NC(=O)[C@@H](CC(=O)C(C)C)Cc1ccc(O)cc1)Cc1cnc[nH]1)C(=O)N[C@@H](CO)C(N)=O.CCCCCCCC/C=C\CCCCCCCC(=O)N[C@@H](Cc1cnc[nH]1)C(=O)C[C@@H](C)C(=O)N[C@H](C(=O)C[C@@H](Cc1cnc[nH]1)C(=O)NC)C(C)C. The van der Waals surface area contributed by atoms with Crippen LogP contribution in [0.2, 0.25) is 0 Å². The number of guanidine groups is 3. The monoisotopic (exact) mass is 1900 g/mol. The number of benzene rings is 1. The highest BCUT2D eigenvalue weighted by Crippen LogP contribution is 2.27. The standard InChI is InChI=1S/C56H92N16O11.C41H67N7O5/c1-31(2)20-36(51(81)72-44(29-73)49(57)79)26-48(78)43(21-32(3)4)71-50(80)35(10-7-17-65-54(58)59)24-46(76)41(11-8-18-66-55(60)61)70-53(83)38(23-39-28-64-30-68-39)27-47(77)42(12-9-19-67-56(62)63)69-52(82)37(25-45(75)33(5)6)22-34-13-15-40(74)16-14-34;1-6-7-8-9-10-11-12-13-14-15-16-17-18-19-20-21-38(51)47-35(25-34-27-44-29-46-34)36(49)22-31(4)40(52)48-39(30(2)3)37(50)24-32(41(53)42-5)23-33-26-43-28-45-33/h13-16,28,30-33,35-38,41-44,73-74H,7-12,17-27,29H2,1-6H3,(H2,57,79)(H,64,68)(H,69,82)(H,70,83)(H,71,80)(H,72,81)(H4,58,59,65)(H4,60,61,66)(H4,62,63,67);13-14,26-32,35,39H,6-12,15-25H2,1-5H3,(H,42,53)(H,43,45)(H,44,46)(H,47,51)(H,48,52)/b;14-13-/t35-,36-,37-,38-,41+,42+,43+,44+;31-,32-,35+,39+/m11/s1. The summed E-state index contributed by atoms with van der Waals surface area (Å²) in [5, 5.41) is 38.9. The zero-order valence-electron chi connectivity index (χ0n) is 82.0. The van der Waals surface area contributed by atoms with E-state index in [-0.39, 0.29) is 186 Å². The lowest BCUT2D eigenvalue weighted by molar-refractivity contribution is -0.136. The molecule has 3 heterocycles. The van der Waals surface area contributed by atoms with Crippen molar-refractivity contribution in [2.24, 2.45) is 114 Å². The number of aliphatic imine (C=N–C) groups is 3. The van der Waals surface area contributed by atoms with Crippen molar-refractivity contribution in [2.75, 3.05) is 33.3 Å². The normalized spacial score (nSPS) is 14.0. The van der Waals surface area contributed by atoms with Crippen LogP contribution in [0.4, 0.5) is 0 Å². The first-order valence-electron chi connectivity index (χ1n) is 48.2. The fourth-order valence-electron chi connectivity index (χ4n) is 15.6. The van der Waals surface area contributed by atoms with E-state index in [1.54, 1.807) is 45.3 Å². The van der Waals surface area contributed by atoms with Crippen molar-refractivity contribution < 1.29 is 77.3 Å². The Morgan fingerprint density at radius 3 is 1.26 bits per heavy atom. The van der Waals surface area contributed by atoms with Crippen LogP contribution < -0.4 is 77.4 Å². The van der Waals surface area contributed by atoms with Crippen LogP contribution in [0, 0.1) is 59.2 Å². The highest BCUT2D eigenvalue weighted by atomic mass is 16.3. The third kappa shape index (κ3) is 50.0. The molecule has 758 valence electrons. The molecule has 4 rings (SSSR count). The Labute approximate surface area is 801 Å². The number of carbonyl (C=O) groups excluding carboxylic acids is 14. The van der Waals surface area contributed by atoms with E-state index in [4.69, 9.17) is 40.1 Å². The van der Waals surface area contributed by atoms with E-state index in [2.05, 4.69) is 101 Å². The molecule has 39 nitrogen and oxygen atoms in total. The number of phenolic OH excluding ortho intramolecular Hbond substituents is 1. The van der Waals surface area contributed by atoms with Gasteiger partial charge in [-0.25, -0.2) is 15.0 Å². The van der Waals surface area contributed by atoms with Gasteiger partial charge in [0.1, 0.15) is 17.6 Å². The van der Waals surface area contributed by atoms with Crippen LogP contribution >= 0.6 is 0 Å². The topological polar surface area (TPSA) is 669 Å². The molecule has 0 spiro atoms. The Morgan fingerprint density at radius 2 is 0.809 bits per heavy atom. The lowest BCUT2D eigenvalue weighted by atomic mass is 9.87. The number of hydrogen-bond acceptors (Lipinski definition) is 22. The minimum Gasteiger partial charge on any atom is -0.508 e. The Balaban J connectivity index is 0.000000771. The molecular weight excluding hydrogens is 1740 g/mol. The zero-order chi connectivity index (χ0) is 101. The minimum absolute atomic E-state index is 0.00989. The van der Waals surface area contributed by atoms with Gasteiger partial charge in [-0.2, -0.15) is 0 Å². The number of imidazole rings is 3. The minimum atomic E-state index is -1.39. The number of primary amides is 1. The molecule has 0 aliphatic rings. The Hall–Kier alpha value is -12.1. The second kappa shape index (κ2) is 66.4. The Kier molecular flexibility index (Phi) is 57.7. The van der Waals surface area contributed by atoms with Gasteiger partial charge in [0.25, 0.3) is 0 Å². The van der Waals surface area contributed by atoms with Crippen molar-refractivity contribution in [3.8, 4) is 5.75 Å². The van der Waals surface area contributed by atoms with Crippen molar-refractivity contribution in [2.45, 2.75) is 311 Å². The number of nitrogens with two attached hydrogens (primary N) is 7. The lowest BCUT2D eigenvalue weighted by Gasteiger charge is -2.27. The average molecular weight is 1900 g/mol. The number of phenols is 1. The number of hydrogen-bond donors (Lipinski definition) is 19. The molecule has 3 aromatic heterocycles. The molecule has 0 bridgehead atoms.